The van der Waals surface area contributed by atoms with Crippen LogP contribution < -0.4 is 0 Å². The molecule has 0 N–H and O–H groups in total. The van der Waals surface area contributed by atoms with Gasteiger partial charge >= 0.3 is 0 Å². The molecular weight excluding hydrogens is 200 g/mol. The Hall–Kier alpha value is -1.97. The van der Waals surface area contributed by atoms with Gasteiger partial charge in [-0.15, -0.1) is 0 Å². The van der Waals surface area contributed by atoms with Gasteiger partial charge in [-0.3, -0.25) is 0 Å². The minimum atomic E-state index is -0.613. The summed E-state index contributed by atoms with van der Waals surface area (Å²) in [7, 11) is 0. The highest BCUT2D eigenvalue weighted by atomic mass is 19.1. The Morgan fingerprint density at radius 3 is 2.73 bits per heavy atom. The van der Waals surface area contributed by atoms with Crippen LogP contribution in [0.25, 0.3) is 12.2 Å². The summed E-state index contributed by atoms with van der Waals surface area (Å²) < 4.78 is 30.6. The van der Waals surface area contributed by atoms with Gasteiger partial charge in [-0.05, 0) is 18.2 Å². The standard InChI is InChI=1S/C11H7F2NO/c12-9-3-1-8(10(13)7-9)2-4-11-14-5-6-15-11/h1-7H/b4-2+. The van der Waals surface area contributed by atoms with E-state index in [1.54, 1.807) is 0 Å². The highest BCUT2D eigenvalue weighted by Crippen LogP contribution is 2.12. The van der Waals surface area contributed by atoms with Crippen LogP contribution in [0.5, 0.6) is 0 Å². The van der Waals surface area contributed by atoms with E-state index in [0.717, 1.165) is 6.07 Å². The fourth-order valence-corrected chi connectivity index (χ4v) is 1.11. The summed E-state index contributed by atoms with van der Waals surface area (Å²) >= 11 is 0. The van der Waals surface area contributed by atoms with Crippen LogP contribution >= 0.6 is 0 Å². The van der Waals surface area contributed by atoms with Crippen LogP contribution in [0.3, 0.4) is 0 Å². The number of aromatic nitrogens is 1. The lowest BCUT2D eigenvalue weighted by molar-refractivity contribution is 0.547. The van der Waals surface area contributed by atoms with E-state index >= 15 is 0 Å². The van der Waals surface area contributed by atoms with Gasteiger partial charge in [0.2, 0.25) is 5.89 Å². The zero-order valence-electron chi connectivity index (χ0n) is 7.65. The van der Waals surface area contributed by atoms with Crippen molar-refractivity contribution in [1.29, 1.82) is 0 Å². The molecule has 76 valence electrons. The molecule has 15 heavy (non-hydrogen) atoms. The van der Waals surface area contributed by atoms with Crippen LogP contribution in [-0.4, -0.2) is 4.98 Å². The fourth-order valence-electron chi connectivity index (χ4n) is 1.11. The summed E-state index contributed by atoms with van der Waals surface area (Å²) in [4.78, 5) is 3.83. The van der Waals surface area contributed by atoms with Crippen molar-refractivity contribution in [1.82, 2.24) is 4.98 Å². The van der Waals surface area contributed by atoms with E-state index in [9.17, 15) is 8.78 Å². The SMILES string of the molecule is Fc1ccc(/C=C/c2ncco2)c(F)c1. The first-order valence-corrected chi connectivity index (χ1v) is 4.28. The largest absolute Gasteiger partial charge is 0.445 e. The summed E-state index contributed by atoms with van der Waals surface area (Å²) in [6.07, 6.45) is 5.89. The second-order valence-electron chi connectivity index (χ2n) is 2.87. The molecule has 0 atom stereocenters. The maximum atomic E-state index is 13.1. The Kier molecular flexibility index (Phi) is 2.58. The normalized spacial score (nSPS) is 11.1. The second-order valence-corrected chi connectivity index (χ2v) is 2.87. The number of hydrogen-bond acceptors (Lipinski definition) is 2. The van der Waals surface area contributed by atoms with E-state index in [4.69, 9.17) is 4.42 Å². The van der Waals surface area contributed by atoms with Crippen molar-refractivity contribution in [2.75, 3.05) is 0 Å². The third-order valence-electron chi connectivity index (χ3n) is 1.82. The van der Waals surface area contributed by atoms with E-state index in [1.807, 2.05) is 0 Å². The van der Waals surface area contributed by atoms with Crippen LogP contribution in [0.1, 0.15) is 11.5 Å². The van der Waals surface area contributed by atoms with Gasteiger partial charge in [-0.1, -0.05) is 0 Å². The first kappa shape index (κ1) is 9.58. The molecule has 0 bridgehead atoms. The third-order valence-corrected chi connectivity index (χ3v) is 1.82. The van der Waals surface area contributed by atoms with Crippen molar-refractivity contribution in [3.63, 3.8) is 0 Å². The van der Waals surface area contributed by atoms with E-state index < -0.39 is 11.6 Å². The molecule has 2 aromatic rings. The number of oxazole rings is 1. The Morgan fingerprint density at radius 2 is 2.07 bits per heavy atom. The first-order chi connectivity index (χ1) is 7.25. The van der Waals surface area contributed by atoms with E-state index in [0.29, 0.717) is 5.89 Å². The Balaban J connectivity index is 2.24. The summed E-state index contributed by atoms with van der Waals surface area (Å²) in [6.45, 7) is 0. The lowest BCUT2D eigenvalue weighted by Crippen LogP contribution is -1.83. The highest BCUT2D eigenvalue weighted by Gasteiger charge is 2.00. The zero-order chi connectivity index (χ0) is 10.7. The number of hydrogen-bond donors (Lipinski definition) is 0. The molecule has 0 amide bonds. The van der Waals surface area contributed by atoms with Crippen LogP contribution in [0.2, 0.25) is 0 Å². The van der Waals surface area contributed by atoms with Crippen LogP contribution in [-0.2, 0) is 0 Å². The van der Waals surface area contributed by atoms with Gasteiger partial charge in [0.05, 0.1) is 6.20 Å². The topological polar surface area (TPSA) is 26.0 Å². The van der Waals surface area contributed by atoms with Gasteiger partial charge in [0.15, 0.2) is 0 Å². The van der Waals surface area contributed by atoms with Gasteiger partial charge < -0.3 is 4.42 Å². The minimum Gasteiger partial charge on any atom is -0.445 e. The van der Waals surface area contributed by atoms with Crippen molar-refractivity contribution in [3.8, 4) is 0 Å². The zero-order valence-corrected chi connectivity index (χ0v) is 7.65. The van der Waals surface area contributed by atoms with Gasteiger partial charge in [0.1, 0.15) is 17.9 Å². The molecule has 0 fully saturated rings. The number of nitrogens with zero attached hydrogens (tertiary/aromatic N) is 1. The first-order valence-electron chi connectivity index (χ1n) is 4.28. The lowest BCUT2D eigenvalue weighted by atomic mass is 10.2. The van der Waals surface area contributed by atoms with E-state index in [-0.39, 0.29) is 5.56 Å². The molecule has 0 saturated carbocycles. The predicted molar refractivity (Wildman–Crippen MR) is 51.8 cm³/mol. The van der Waals surface area contributed by atoms with Crippen molar-refractivity contribution in [2.24, 2.45) is 0 Å². The number of benzene rings is 1. The van der Waals surface area contributed by atoms with Gasteiger partial charge in [-0.2, -0.15) is 0 Å². The molecule has 0 radical (unpaired) electrons. The van der Waals surface area contributed by atoms with Crippen molar-refractivity contribution in [3.05, 3.63) is 53.7 Å². The van der Waals surface area contributed by atoms with E-state index in [2.05, 4.69) is 4.98 Å². The molecule has 2 rings (SSSR count). The molecule has 0 aliphatic heterocycles. The molecular formula is C11H7F2NO. The quantitative estimate of drug-likeness (QED) is 0.756. The molecule has 2 nitrogen and oxygen atoms in total. The summed E-state index contributed by atoms with van der Waals surface area (Å²) in [5, 5.41) is 0. The molecule has 0 unspecified atom stereocenters. The van der Waals surface area contributed by atoms with Gasteiger partial charge in [0, 0.05) is 17.7 Å². The van der Waals surface area contributed by atoms with Crippen molar-refractivity contribution < 1.29 is 13.2 Å². The maximum absolute atomic E-state index is 13.1. The molecule has 0 spiro atoms. The molecule has 1 aromatic heterocycles. The predicted octanol–water partition coefficient (Wildman–Crippen LogP) is 3.12. The summed E-state index contributed by atoms with van der Waals surface area (Å²) in [5.74, 6) is -0.836. The lowest BCUT2D eigenvalue weighted by Gasteiger charge is -1.95. The Bertz CT molecular complexity index is 477. The van der Waals surface area contributed by atoms with Crippen molar-refractivity contribution in [2.45, 2.75) is 0 Å². The van der Waals surface area contributed by atoms with Crippen LogP contribution in [0, 0.1) is 11.6 Å². The molecule has 4 heteroatoms. The summed E-state index contributed by atoms with van der Waals surface area (Å²) in [6, 6.07) is 3.37. The minimum absolute atomic E-state index is 0.287. The smallest absolute Gasteiger partial charge is 0.218 e. The number of rotatable bonds is 2. The summed E-state index contributed by atoms with van der Waals surface area (Å²) in [5.41, 5.74) is 0.287. The molecule has 0 aliphatic carbocycles. The fraction of sp³-hybridized carbons (Fsp3) is 0. The molecule has 1 heterocycles. The van der Waals surface area contributed by atoms with Gasteiger partial charge in [-0.25, -0.2) is 13.8 Å². The van der Waals surface area contributed by atoms with Gasteiger partial charge in [0.25, 0.3) is 0 Å². The third kappa shape index (κ3) is 2.28. The Morgan fingerprint density at radius 1 is 1.20 bits per heavy atom. The second kappa shape index (κ2) is 4.04. The van der Waals surface area contributed by atoms with E-state index in [1.165, 1.54) is 36.7 Å². The molecule has 0 aliphatic rings. The Labute approximate surface area is 84.9 Å². The highest BCUT2D eigenvalue weighted by molar-refractivity contribution is 5.66. The molecule has 1 aromatic carbocycles. The maximum Gasteiger partial charge on any atom is 0.218 e. The average molecular weight is 207 g/mol. The van der Waals surface area contributed by atoms with Crippen LogP contribution in [0.4, 0.5) is 8.78 Å². The number of halogens is 2. The van der Waals surface area contributed by atoms with Crippen LogP contribution in [0.15, 0.2) is 35.1 Å². The monoisotopic (exact) mass is 207 g/mol. The molecule has 0 saturated heterocycles. The average Bonchev–Trinajstić information content (AvgIpc) is 2.69. The van der Waals surface area contributed by atoms with Crippen molar-refractivity contribution >= 4 is 12.2 Å².